The molecule has 1 heterocycles. The number of anilines is 1. The molecule has 0 radical (unpaired) electrons. The molecule has 8 heteroatoms. The van der Waals surface area contributed by atoms with E-state index in [1.165, 1.54) is 17.4 Å². The van der Waals surface area contributed by atoms with Gasteiger partial charge in [0.05, 0.1) is 12.6 Å². The van der Waals surface area contributed by atoms with Crippen LogP contribution in [0.25, 0.3) is 0 Å². The maximum atomic E-state index is 13.1. The van der Waals surface area contributed by atoms with Crippen molar-refractivity contribution >= 4 is 22.4 Å². The number of hydrogen-bond donors (Lipinski definition) is 3. The van der Waals surface area contributed by atoms with Crippen LogP contribution in [0.3, 0.4) is 0 Å². The average Bonchev–Trinajstić information content (AvgIpc) is 2.86. The predicted molar refractivity (Wildman–Crippen MR) is 76.4 cm³/mol. The highest BCUT2D eigenvalue weighted by Crippen LogP contribution is 2.14. The third-order valence-electron chi connectivity index (χ3n) is 2.78. The van der Waals surface area contributed by atoms with Crippen LogP contribution in [0.15, 0.2) is 24.4 Å². The van der Waals surface area contributed by atoms with Crippen LogP contribution < -0.4 is 16.8 Å². The fourth-order valence-corrected chi connectivity index (χ4v) is 2.35. The lowest BCUT2D eigenvalue weighted by atomic mass is 10.1. The first-order valence-corrected chi connectivity index (χ1v) is 6.94. The SMILES string of the molecule is Nc1ncc(CNC(=O)C(N)Cc2ccc(F)c(F)c2)s1. The van der Waals surface area contributed by atoms with Crippen molar-refractivity contribution in [1.29, 1.82) is 0 Å². The molecule has 0 spiro atoms. The number of carbonyl (C=O) groups is 1. The highest BCUT2D eigenvalue weighted by atomic mass is 32.1. The molecule has 112 valence electrons. The van der Waals surface area contributed by atoms with E-state index in [1.807, 2.05) is 0 Å². The Morgan fingerprint density at radius 1 is 1.38 bits per heavy atom. The predicted octanol–water partition coefficient (Wildman–Crippen LogP) is 1.19. The Morgan fingerprint density at radius 2 is 2.14 bits per heavy atom. The second-order valence-electron chi connectivity index (χ2n) is 4.44. The molecule has 1 aromatic heterocycles. The molecule has 2 rings (SSSR count). The number of halogens is 2. The van der Waals surface area contributed by atoms with E-state index in [9.17, 15) is 13.6 Å². The molecular formula is C13H14F2N4OS. The fourth-order valence-electron chi connectivity index (χ4n) is 1.72. The zero-order chi connectivity index (χ0) is 15.4. The van der Waals surface area contributed by atoms with Crippen molar-refractivity contribution in [3.63, 3.8) is 0 Å². The summed E-state index contributed by atoms with van der Waals surface area (Å²) in [6, 6.07) is 2.59. The normalized spacial score (nSPS) is 12.1. The number of hydrogen-bond acceptors (Lipinski definition) is 5. The fraction of sp³-hybridized carbons (Fsp3) is 0.231. The van der Waals surface area contributed by atoms with E-state index in [2.05, 4.69) is 10.3 Å². The van der Waals surface area contributed by atoms with Crippen molar-refractivity contribution < 1.29 is 13.6 Å². The van der Waals surface area contributed by atoms with Gasteiger partial charge in [0.2, 0.25) is 5.91 Å². The summed E-state index contributed by atoms with van der Waals surface area (Å²) < 4.78 is 25.9. The van der Waals surface area contributed by atoms with Crippen LogP contribution in [0.2, 0.25) is 0 Å². The second kappa shape index (κ2) is 6.59. The van der Waals surface area contributed by atoms with Gasteiger partial charge in [-0.15, -0.1) is 11.3 Å². The lowest BCUT2D eigenvalue weighted by molar-refractivity contribution is -0.122. The quantitative estimate of drug-likeness (QED) is 0.773. The summed E-state index contributed by atoms with van der Waals surface area (Å²) in [4.78, 5) is 16.5. The number of nitrogens with one attached hydrogen (secondary N) is 1. The van der Waals surface area contributed by atoms with Crippen LogP contribution in [-0.2, 0) is 17.8 Å². The Hall–Kier alpha value is -2.06. The summed E-state index contributed by atoms with van der Waals surface area (Å²) in [5.41, 5.74) is 11.7. The third-order valence-corrected chi connectivity index (χ3v) is 3.61. The van der Waals surface area contributed by atoms with Crippen molar-refractivity contribution in [2.45, 2.75) is 19.0 Å². The number of amides is 1. The van der Waals surface area contributed by atoms with Gasteiger partial charge in [0.25, 0.3) is 0 Å². The number of nitrogens with two attached hydrogens (primary N) is 2. The maximum Gasteiger partial charge on any atom is 0.237 e. The van der Waals surface area contributed by atoms with E-state index < -0.39 is 17.7 Å². The standard InChI is InChI=1S/C13H14F2N4OS/c14-9-2-1-7(3-10(9)15)4-11(16)12(20)18-5-8-6-19-13(17)21-8/h1-3,6,11H,4-5,16H2,(H2,17,19)(H,18,20). The number of aromatic nitrogens is 1. The van der Waals surface area contributed by atoms with Gasteiger partial charge in [-0.2, -0.15) is 0 Å². The molecule has 0 saturated carbocycles. The highest BCUT2D eigenvalue weighted by molar-refractivity contribution is 7.15. The summed E-state index contributed by atoms with van der Waals surface area (Å²) in [5, 5.41) is 3.06. The first kappa shape index (κ1) is 15.3. The zero-order valence-corrected chi connectivity index (χ0v) is 11.8. The minimum atomic E-state index is -0.958. The van der Waals surface area contributed by atoms with Crippen LogP contribution in [0, 0.1) is 11.6 Å². The molecule has 1 aromatic carbocycles. The van der Waals surface area contributed by atoms with Crippen LogP contribution in [0.4, 0.5) is 13.9 Å². The van der Waals surface area contributed by atoms with Gasteiger partial charge in [-0.25, -0.2) is 13.8 Å². The molecule has 0 aliphatic carbocycles. The molecule has 5 N–H and O–H groups in total. The Balaban J connectivity index is 1.88. The summed E-state index contributed by atoms with van der Waals surface area (Å²) >= 11 is 1.27. The van der Waals surface area contributed by atoms with Crippen molar-refractivity contribution in [2.75, 3.05) is 5.73 Å². The van der Waals surface area contributed by atoms with Crippen molar-refractivity contribution in [3.05, 3.63) is 46.5 Å². The summed E-state index contributed by atoms with van der Waals surface area (Å²) in [5.74, 6) is -2.27. The first-order chi connectivity index (χ1) is 9.95. The lowest BCUT2D eigenvalue weighted by Crippen LogP contribution is -2.41. The number of thiazole rings is 1. The topological polar surface area (TPSA) is 94.0 Å². The Labute approximate surface area is 124 Å². The van der Waals surface area contributed by atoms with Crippen LogP contribution >= 0.6 is 11.3 Å². The summed E-state index contributed by atoms with van der Waals surface area (Å²) in [6.07, 6.45) is 1.69. The molecule has 0 saturated heterocycles. The van der Waals surface area contributed by atoms with E-state index in [-0.39, 0.29) is 18.9 Å². The van der Waals surface area contributed by atoms with Crippen LogP contribution in [-0.4, -0.2) is 16.9 Å². The molecule has 0 aliphatic rings. The van der Waals surface area contributed by atoms with E-state index in [0.29, 0.717) is 10.7 Å². The van der Waals surface area contributed by atoms with Gasteiger partial charge in [-0.05, 0) is 24.1 Å². The van der Waals surface area contributed by atoms with Gasteiger partial charge in [-0.3, -0.25) is 4.79 Å². The number of nitrogen functional groups attached to an aromatic ring is 1. The number of rotatable bonds is 5. The zero-order valence-electron chi connectivity index (χ0n) is 11.0. The molecule has 1 unspecified atom stereocenters. The molecule has 21 heavy (non-hydrogen) atoms. The monoisotopic (exact) mass is 312 g/mol. The molecule has 0 fully saturated rings. The van der Waals surface area contributed by atoms with Gasteiger partial charge in [0.1, 0.15) is 0 Å². The van der Waals surface area contributed by atoms with E-state index in [4.69, 9.17) is 11.5 Å². The lowest BCUT2D eigenvalue weighted by Gasteiger charge is -2.12. The second-order valence-corrected chi connectivity index (χ2v) is 5.59. The Kier molecular flexibility index (Phi) is 4.81. The minimum absolute atomic E-state index is 0.119. The summed E-state index contributed by atoms with van der Waals surface area (Å²) in [7, 11) is 0. The van der Waals surface area contributed by atoms with Crippen molar-refractivity contribution in [2.24, 2.45) is 5.73 Å². The average molecular weight is 312 g/mol. The van der Waals surface area contributed by atoms with Crippen LogP contribution in [0.5, 0.6) is 0 Å². The van der Waals surface area contributed by atoms with E-state index >= 15 is 0 Å². The van der Waals surface area contributed by atoms with E-state index in [0.717, 1.165) is 17.0 Å². The van der Waals surface area contributed by atoms with Gasteiger partial charge in [-0.1, -0.05) is 6.07 Å². The molecule has 0 aliphatic heterocycles. The smallest absolute Gasteiger partial charge is 0.237 e. The van der Waals surface area contributed by atoms with Gasteiger partial charge in [0.15, 0.2) is 16.8 Å². The van der Waals surface area contributed by atoms with Crippen LogP contribution in [0.1, 0.15) is 10.4 Å². The molecule has 5 nitrogen and oxygen atoms in total. The van der Waals surface area contributed by atoms with Gasteiger partial charge >= 0.3 is 0 Å². The maximum absolute atomic E-state index is 13.1. The third kappa shape index (κ3) is 4.20. The van der Waals surface area contributed by atoms with Gasteiger partial charge in [0, 0.05) is 11.1 Å². The van der Waals surface area contributed by atoms with E-state index in [1.54, 1.807) is 6.20 Å². The first-order valence-electron chi connectivity index (χ1n) is 6.13. The molecular weight excluding hydrogens is 298 g/mol. The Bertz CT molecular complexity index is 647. The minimum Gasteiger partial charge on any atom is -0.375 e. The van der Waals surface area contributed by atoms with Gasteiger partial charge < -0.3 is 16.8 Å². The van der Waals surface area contributed by atoms with Crippen molar-refractivity contribution in [3.8, 4) is 0 Å². The van der Waals surface area contributed by atoms with Crippen molar-refractivity contribution in [1.82, 2.24) is 10.3 Å². The number of nitrogens with zero attached hydrogens (tertiary/aromatic N) is 1. The Morgan fingerprint density at radius 3 is 2.76 bits per heavy atom. The largest absolute Gasteiger partial charge is 0.375 e. The number of carbonyl (C=O) groups excluding carboxylic acids is 1. The molecule has 1 atom stereocenters. The molecule has 0 bridgehead atoms. The molecule has 2 aromatic rings. The summed E-state index contributed by atoms with van der Waals surface area (Å²) in [6.45, 7) is 0.277. The molecule has 1 amide bonds. The highest BCUT2D eigenvalue weighted by Gasteiger charge is 2.15. The number of benzene rings is 1.